The Labute approximate surface area is 143 Å². The third-order valence-corrected chi connectivity index (χ3v) is 4.60. The summed E-state index contributed by atoms with van der Waals surface area (Å²) in [6, 6.07) is 4.37. The third-order valence-electron chi connectivity index (χ3n) is 4.25. The number of carbonyl (C=O) groups excluding carboxylic acids is 1. The molecule has 0 saturated heterocycles. The molecule has 0 bridgehead atoms. The van der Waals surface area contributed by atoms with E-state index in [9.17, 15) is 14.0 Å². The Morgan fingerprint density at radius 1 is 1.46 bits per heavy atom. The Morgan fingerprint density at radius 2 is 2.21 bits per heavy atom. The van der Waals surface area contributed by atoms with Crippen LogP contribution < -0.4 is 5.69 Å². The first-order valence-corrected chi connectivity index (χ1v) is 8.09. The molecule has 0 aliphatic carbocycles. The van der Waals surface area contributed by atoms with Crippen molar-refractivity contribution in [2.24, 2.45) is 0 Å². The van der Waals surface area contributed by atoms with Crippen molar-refractivity contribution in [1.82, 2.24) is 19.2 Å². The van der Waals surface area contributed by atoms with E-state index in [-0.39, 0.29) is 28.7 Å². The van der Waals surface area contributed by atoms with Gasteiger partial charge in [-0.05, 0) is 25.0 Å². The molecule has 1 amide bonds. The average Bonchev–Trinajstić information content (AvgIpc) is 2.86. The first kappa shape index (κ1) is 16.7. The van der Waals surface area contributed by atoms with Gasteiger partial charge in [-0.1, -0.05) is 17.7 Å². The van der Waals surface area contributed by atoms with Crippen LogP contribution in [0.15, 0.2) is 23.0 Å². The third kappa shape index (κ3) is 2.84. The van der Waals surface area contributed by atoms with Crippen molar-refractivity contribution in [3.8, 4) is 0 Å². The number of aromatic nitrogens is 3. The van der Waals surface area contributed by atoms with Crippen LogP contribution in [0.5, 0.6) is 0 Å². The number of benzene rings is 1. The molecule has 1 atom stereocenters. The molecular weight excluding hydrogens is 335 g/mol. The van der Waals surface area contributed by atoms with E-state index < -0.39 is 11.7 Å². The quantitative estimate of drug-likeness (QED) is 0.847. The van der Waals surface area contributed by atoms with Gasteiger partial charge in [-0.3, -0.25) is 9.36 Å². The number of amides is 1. The first-order chi connectivity index (χ1) is 11.4. The minimum atomic E-state index is -0.485. The molecule has 2 aromatic rings. The first-order valence-electron chi connectivity index (χ1n) is 7.71. The van der Waals surface area contributed by atoms with E-state index in [1.54, 1.807) is 20.2 Å². The fourth-order valence-electron chi connectivity index (χ4n) is 2.99. The Balaban J connectivity index is 2.01. The zero-order valence-corrected chi connectivity index (χ0v) is 14.3. The molecule has 1 aromatic heterocycles. The van der Waals surface area contributed by atoms with Gasteiger partial charge in [0.2, 0.25) is 5.91 Å². The Kier molecular flexibility index (Phi) is 4.45. The van der Waals surface area contributed by atoms with E-state index in [1.165, 1.54) is 26.3 Å². The van der Waals surface area contributed by atoms with E-state index >= 15 is 0 Å². The van der Waals surface area contributed by atoms with E-state index in [4.69, 9.17) is 11.6 Å². The molecular formula is C16H18ClFN4O2. The van der Waals surface area contributed by atoms with Crippen LogP contribution in [0.4, 0.5) is 4.39 Å². The van der Waals surface area contributed by atoms with Crippen molar-refractivity contribution in [1.29, 1.82) is 0 Å². The largest absolute Gasteiger partial charge is 0.348 e. The van der Waals surface area contributed by atoms with Crippen LogP contribution in [0.3, 0.4) is 0 Å². The number of likely N-dealkylation sites (N-methyl/N-ethyl adjacent to an activating group) is 1. The molecule has 6 nitrogen and oxygen atoms in total. The van der Waals surface area contributed by atoms with Gasteiger partial charge in [-0.15, -0.1) is 0 Å². The average molecular weight is 353 g/mol. The Morgan fingerprint density at radius 3 is 2.88 bits per heavy atom. The molecule has 1 aromatic carbocycles. The van der Waals surface area contributed by atoms with Crippen molar-refractivity contribution in [3.05, 3.63) is 50.9 Å². The minimum absolute atomic E-state index is 0.0623. The highest BCUT2D eigenvalue weighted by molar-refractivity contribution is 6.31. The molecule has 0 radical (unpaired) electrons. The van der Waals surface area contributed by atoms with Crippen molar-refractivity contribution in [2.75, 3.05) is 14.1 Å². The molecule has 2 heterocycles. The van der Waals surface area contributed by atoms with Crippen LogP contribution in [0.2, 0.25) is 5.02 Å². The summed E-state index contributed by atoms with van der Waals surface area (Å²) >= 11 is 6.03. The van der Waals surface area contributed by atoms with Gasteiger partial charge in [0, 0.05) is 31.2 Å². The maximum absolute atomic E-state index is 14.0. The van der Waals surface area contributed by atoms with Gasteiger partial charge in [0.1, 0.15) is 11.6 Å². The molecule has 128 valence electrons. The molecule has 0 fully saturated rings. The van der Waals surface area contributed by atoms with Crippen LogP contribution in [0.1, 0.15) is 30.1 Å². The van der Waals surface area contributed by atoms with Gasteiger partial charge >= 0.3 is 5.69 Å². The van der Waals surface area contributed by atoms with E-state index in [2.05, 4.69) is 5.10 Å². The summed E-state index contributed by atoms with van der Waals surface area (Å²) in [5, 5.41) is 4.55. The summed E-state index contributed by atoms with van der Waals surface area (Å²) in [4.78, 5) is 26.4. The van der Waals surface area contributed by atoms with Crippen LogP contribution in [-0.4, -0.2) is 39.3 Å². The number of halogens is 2. The molecule has 0 saturated carbocycles. The zero-order chi connectivity index (χ0) is 17.4. The number of rotatable bonds is 3. The molecule has 0 spiro atoms. The van der Waals surface area contributed by atoms with E-state index in [0.29, 0.717) is 18.8 Å². The monoisotopic (exact) mass is 352 g/mol. The summed E-state index contributed by atoms with van der Waals surface area (Å²) in [5.74, 6) is -0.575. The highest BCUT2D eigenvalue weighted by atomic mass is 35.5. The molecule has 1 unspecified atom stereocenters. The molecule has 1 aliphatic heterocycles. The topological polar surface area (TPSA) is 60.1 Å². The van der Waals surface area contributed by atoms with Crippen molar-refractivity contribution in [3.63, 3.8) is 0 Å². The summed E-state index contributed by atoms with van der Waals surface area (Å²) in [7, 11) is 3.35. The summed E-state index contributed by atoms with van der Waals surface area (Å²) in [6.07, 6.45) is 1.37. The summed E-state index contributed by atoms with van der Waals surface area (Å²) in [6.45, 7) is 0.448. The molecule has 0 N–H and O–H groups in total. The highest BCUT2D eigenvalue weighted by Crippen LogP contribution is 2.26. The second-order valence-corrected chi connectivity index (χ2v) is 6.48. The summed E-state index contributed by atoms with van der Waals surface area (Å²) in [5.41, 5.74) is -0.132. The lowest BCUT2D eigenvalue weighted by Crippen LogP contribution is -2.34. The fraction of sp³-hybridized carbons (Fsp3) is 0.438. The molecule has 3 rings (SSSR count). The van der Waals surface area contributed by atoms with Gasteiger partial charge in [0.25, 0.3) is 0 Å². The number of fused-ring (bicyclic) bond motifs is 1. The standard InChI is InChI=1S/C16H18ClFN4O2/c1-20(2)15(23)10-5-4-8-21-14(10)19-22(16(21)24)9-11-12(17)6-3-7-13(11)18/h3,6-7,10H,4-5,8-9H2,1-2H3. The van der Waals surface area contributed by atoms with Gasteiger partial charge in [-0.25, -0.2) is 13.9 Å². The smallest absolute Gasteiger partial charge is 0.346 e. The highest BCUT2D eigenvalue weighted by Gasteiger charge is 2.32. The van der Waals surface area contributed by atoms with Crippen LogP contribution in [0, 0.1) is 5.82 Å². The lowest BCUT2D eigenvalue weighted by Gasteiger charge is -2.23. The minimum Gasteiger partial charge on any atom is -0.348 e. The summed E-state index contributed by atoms with van der Waals surface area (Å²) < 4.78 is 16.7. The Hall–Kier alpha value is -2.15. The molecule has 24 heavy (non-hydrogen) atoms. The molecule has 8 heteroatoms. The SMILES string of the molecule is CN(C)C(=O)C1CCCn2c1nn(Cc1c(F)cccc1Cl)c2=O. The van der Waals surface area contributed by atoms with Crippen LogP contribution in [0.25, 0.3) is 0 Å². The van der Waals surface area contributed by atoms with Gasteiger partial charge < -0.3 is 4.90 Å². The molecule has 1 aliphatic rings. The number of nitrogens with zero attached hydrogens (tertiary/aromatic N) is 4. The van der Waals surface area contributed by atoms with Crippen molar-refractivity contribution in [2.45, 2.75) is 31.8 Å². The predicted molar refractivity (Wildman–Crippen MR) is 87.7 cm³/mol. The second-order valence-electron chi connectivity index (χ2n) is 6.08. The van der Waals surface area contributed by atoms with Crippen LogP contribution >= 0.6 is 11.6 Å². The number of hydrogen-bond donors (Lipinski definition) is 0. The van der Waals surface area contributed by atoms with Crippen molar-refractivity contribution >= 4 is 17.5 Å². The second kappa shape index (κ2) is 6.39. The number of hydrogen-bond acceptors (Lipinski definition) is 3. The van der Waals surface area contributed by atoms with Gasteiger partial charge in [0.15, 0.2) is 0 Å². The lowest BCUT2D eigenvalue weighted by molar-refractivity contribution is -0.131. The van der Waals surface area contributed by atoms with Gasteiger partial charge in [-0.2, -0.15) is 5.10 Å². The predicted octanol–water partition coefficient (Wildman–Crippen LogP) is 1.85. The maximum Gasteiger partial charge on any atom is 0.346 e. The maximum atomic E-state index is 14.0. The van der Waals surface area contributed by atoms with Crippen LogP contribution in [-0.2, 0) is 17.9 Å². The lowest BCUT2D eigenvalue weighted by atomic mass is 9.98. The van der Waals surface area contributed by atoms with Crippen molar-refractivity contribution < 1.29 is 9.18 Å². The van der Waals surface area contributed by atoms with E-state index in [1.807, 2.05) is 0 Å². The number of carbonyl (C=O) groups is 1. The van der Waals surface area contributed by atoms with E-state index in [0.717, 1.165) is 6.42 Å². The zero-order valence-electron chi connectivity index (χ0n) is 13.5. The Bertz CT molecular complexity index is 823. The van der Waals surface area contributed by atoms with Gasteiger partial charge in [0.05, 0.1) is 12.5 Å². The fourth-order valence-corrected chi connectivity index (χ4v) is 3.21. The normalized spacial score (nSPS) is 16.8.